The average molecular weight is 364 g/mol. The Morgan fingerprint density at radius 1 is 0.800 bits per heavy atom. The fraction of sp³-hybridized carbons (Fsp3) is 0.143. The van der Waals surface area contributed by atoms with E-state index in [-0.39, 0.29) is 30.3 Å². The summed E-state index contributed by atoms with van der Waals surface area (Å²) in [7, 11) is 0. The van der Waals surface area contributed by atoms with Crippen molar-refractivity contribution in [2.45, 2.75) is 12.8 Å². The summed E-state index contributed by atoms with van der Waals surface area (Å²) in [6, 6.07) is 17.0. The summed E-state index contributed by atoms with van der Waals surface area (Å²) >= 11 is 2.85. The minimum absolute atomic E-state index is 0.0429. The van der Waals surface area contributed by atoms with E-state index in [1.807, 2.05) is 65.4 Å². The highest BCUT2D eigenvalue weighted by atomic mass is 32.1. The number of hydrogen-bond donors (Lipinski definition) is 0. The molecule has 0 N–H and O–H groups in total. The van der Waals surface area contributed by atoms with Crippen molar-refractivity contribution in [1.29, 1.82) is 0 Å². The van der Waals surface area contributed by atoms with Crippen LogP contribution in [0.2, 0.25) is 0 Å². The number of carbonyl (C=O) groups is 2. The first kappa shape index (κ1) is 17.3. The number of rotatable bonds is 6. The van der Waals surface area contributed by atoms with Gasteiger partial charge in [0.05, 0.1) is 9.75 Å². The second-order valence-corrected chi connectivity index (χ2v) is 7.44. The average Bonchev–Trinajstić information content (AvgIpc) is 3.33. The Bertz CT molecular complexity index is 834. The first-order valence-electron chi connectivity index (χ1n) is 7.92. The Morgan fingerprint density at radius 3 is 1.84 bits per heavy atom. The van der Waals surface area contributed by atoms with Gasteiger partial charge in [0.1, 0.15) is 0 Å². The van der Waals surface area contributed by atoms with Crippen LogP contribution in [0.25, 0.3) is 0 Å². The summed E-state index contributed by atoms with van der Waals surface area (Å²) in [5.74, 6) is 6.04. The van der Waals surface area contributed by atoms with Crippen LogP contribution in [0.1, 0.15) is 37.7 Å². The summed E-state index contributed by atoms with van der Waals surface area (Å²) in [5, 5.41) is 3.77. The highest BCUT2D eigenvalue weighted by Crippen LogP contribution is 2.20. The molecule has 0 atom stereocenters. The zero-order chi connectivity index (χ0) is 17.5. The van der Waals surface area contributed by atoms with Crippen LogP contribution in [-0.2, 0) is 0 Å². The molecule has 124 valence electrons. The highest BCUT2D eigenvalue weighted by molar-refractivity contribution is 7.12. The molecule has 2 nitrogen and oxygen atoms in total. The van der Waals surface area contributed by atoms with E-state index < -0.39 is 0 Å². The van der Waals surface area contributed by atoms with Gasteiger partial charge in [0.25, 0.3) is 0 Å². The minimum atomic E-state index is -0.288. The Hall–Kier alpha value is -2.48. The van der Waals surface area contributed by atoms with Crippen molar-refractivity contribution >= 4 is 34.2 Å². The molecule has 1 aromatic carbocycles. The van der Waals surface area contributed by atoms with Crippen LogP contribution < -0.4 is 0 Å². The molecule has 0 aliphatic carbocycles. The molecule has 2 aromatic heterocycles. The van der Waals surface area contributed by atoms with E-state index in [1.165, 1.54) is 22.7 Å². The zero-order valence-electron chi connectivity index (χ0n) is 13.5. The van der Waals surface area contributed by atoms with E-state index in [1.54, 1.807) is 0 Å². The van der Waals surface area contributed by atoms with Gasteiger partial charge < -0.3 is 0 Å². The van der Waals surface area contributed by atoms with Crippen molar-refractivity contribution in [3.63, 3.8) is 0 Å². The third-order valence-corrected chi connectivity index (χ3v) is 5.47. The summed E-state index contributed by atoms with van der Waals surface area (Å²) in [6.07, 6.45) is 0.523. The Kier molecular flexibility index (Phi) is 5.95. The second kappa shape index (κ2) is 8.57. The molecule has 0 saturated heterocycles. The molecular weight excluding hydrogens is 348 g/mol. The maximum atomic E-state index is 12.4. The van der Waals surface area contributed by atoms with Gasteiger partial charge in [0, 0.05) is 24.3 Å². The standard InChI is InChI=1S/C21H16O2S2/c22-18(20-8-4-12-24-20)14-17(11-10-16-6-2-1-3-7-16)15-19(23)21-9-5-13-25-21/h1-9,12-13,17H,14-15H2. The lowest BCUT2D eigenvalue weighted by atomic mass is 9.95. The summed E-state index contributed by atoms with van der Waals surface area (Å²) in [6.45, 7) is 0. The van der Waals surface area contributed by atoms with Crippen LogP contribution in [-0.4, -0.2) is 11.6 Å². The molecule has 0 aliphatic heterocycles. The van der Waals surface area contributed by atoms with Crippen molar-refractivity contribution in [3.8, 4) is 11.8 Å². The molecule has 3 rings (SSSR count). The van der Waals surface area contributed by atoms with Gasteiger partial charge in [0.15, 0.2) is 11.6 Å². The van der Waals surface area contributed by atoms with E-state index >= 15 is 0 Å². The largest absolute Gasteiger partial charge is 0.293 e. The zero-order valence-corrected chi connectivity index (χ0v) is 15.1. The van der Waals surface area contributed by atoms with E-state index in [2.05, 4.69) is 11.8 Å². The topological polar surface area (TPSA) is 34.1 Å². The summed E-state index contributed by atoms with van der Waals surface area (Å²) < 4.78 is 0. The normalized spacial score (nSPS) is 10.3. The maximum Gasteiger partial charge on any atom is 0.174 e. The van der Waals surface area contributed by atoms with Gasteiger partial charge in [-0.05, 0) is 35.0 Å². The highest BCUT2D eigenvalue weighted by Gasteiger charge is 2.19. The Labute approximate surface area is 155 Å². The SMILES string of the molecule is O=C(CC(C#Cc1ccccc1)CC(=O)c1cccs1)c1cccs1. The number of thiophene rings is 2. The molecule has 0 radical (unpaired) electrons. The number of ketones is 2. The van der Waals surface area contributed by atoms with Gasteiger partial charge in [-0.15, -0.1) is 22.7 Å². The van der Waals surface area contributed by atoms with Gasteiger partial charge in [-0.2, -0.15) is 0 Å². The molecule has 0 fully saturated rings. The first-order chi connectivity index (χ1) is 12.2. The molecule has 0 spiro atoms. The summed E-state index contributed by atoms with van der Waals surface area (Å²) in [5.41, 5.74) is 0.889. The molecule has 0 aliphatic rings. The van der Waals surface area contributed by atoms with Crippen LogP contribution in [0.4, 0.5) is 0 Å². The number of Topliss-reactive ketones (excluding diaryl/α,β-unsaturated/α-hetero) is 2. The Balaban J connectivity index is 1.77. The van der Waals surface area contributed by atoms with Gasteiger partial charge in [-0.3, -0.25) is 9.59 Å². The van der Waals surface area contributed by atoms with Crippen LogP contribution in [0.3, 0.4) is 0 Å². The van der Waals surface area contributed by atoms with E-state index in [0.29, 0.717) is 0 Å². The smallest absolute Gasteiger partial charge is 0.174 e. The van der Waals surface area contributed by atoms with Crippen LogP contribution in [0.5, 0.6) is 0 Å². The molecule has 4 heteroatoms. The number of hydrogen-bond acceptors (Lipinski definition) is 4. The fourth-order valence-corrected chi connectivity index (χ4v) is 3.76. The van der Waals surface area contributed by atoms with Crippen molar-refractivity contribution < 1.29 is 9.59 Å². The minimum Gasteiger partial charge on any atom is -0.293 e. The second-order valence-electron chi connectivity index (χ2n) is 5.54. The van der Waals surface area contributed by atoms with E-state index in [4.69, 9.17) is 0 Å². The lowest BCUT2D eigenvalue weighted by Gasteiger charge is -2.08. The van der Waals surface area contributed by atoms with E-state index in [9.17, 15) is 9.59 Å². The Morgan fingerprint density at radius 2 is 1.36 bits per heavy atom. The van der Waals surface area contributed by atoms with Crippen molar-refractivity contribution in [2.75, 3.05) is 0 Å². The predicted octanol–water partition coefficient (Wildman–Crippen LogP) is 5.32. The number of carbonyl (C=O) groups excluding carboxylic acids is 2. The molecule has 0 saturated carbocycles. The quantitative estimate of drug-likeness (QED) is 0.438. The van der Waals surface area contributed by atoms with Crippen molar-refractivity contribution in [3.05, 3.63) is 80.7 Å². The fourth-order valence-electron chi connectivity index (χ4n) is 2.40. The number of benzene rings is 1. The monoisotopic (exact) mass is 364 g/mol. The lowest BCUT2D eigenvalue weighted by molar-refractivity contribution is 0.0943. The van der Waals surface area contributed by atoms with Crippen LogP contribution >= 0.6 is 22.7 Å². The van der Waals surface area contributed by atoms with Crippen molar-refractivity contribution in [1.82, 2.24) is 0 Å². The molecule has 0 bridgehead atoms. The lowest BCUT2D eigenvalue weighted by Crippen LogP contribution is -2.11. The van der Waals surface area contributed by atoms with Crippen molar-refractivity contribution in [2.24, 2.45) is 5.92 Å². The third kappa shape index (κ3) is 4.99. The van der Waals surface area contributed by atoms with E-state index in [0.717, 1.165) is 15.3 Å². The predicted molar refractivity (Wildman–Crippen MR) is 103 cm³/mol. The molecule has 2 heterocycles. The molecule has 25 heavy (non-hydrogen) atoms. The maximum absolute atomic E-state index is 12.4. The molecule has 0 amide bonds. The van der Waals surface area contributed by atoms with Gasteiger partial charge in [-0.1, -0.05) is 42.2 Å². The molecule has 3 aromatic rings. The summed E-state index contributed by atoms with van der Waals surface area (Å²) in [4.78, 5) is 26.3. The molecule has 0 unspecified atom stereocenters. The first-order valence-corrected chi connectivity index (χ1v) is 9.68. The van der Waals surface area contributed by atoms with Crippen LogP contribution in [0.15, 0.2) is 65.4 Å². The third-order valence-electron chi connectivity index (χ3n) is 3.65. The van der Waals surface area contributed by atoms with Gasteiger partial charge in [-0.25, -0.2) is 0 Å². The van der Waals surface area contributed by atoms with Gasteiger partial charge in [0.2, 0.25) is 0 Å². The van der Waals surface area contributed by atoms with Crippen LogP contribution in [0, 0.1) is 17.8 Å². The van der Waals surface area contributed by atoms with Gasteiger partial charge >= 0.3 is 0 Å². The molecular formula is C21H16O2S2.